The van der Waals surface area contributed by atoms with Gasteiger partial charge in [-0.3, -0.25) is 4.79 Å². The average molecular weight is 157 g/mol. The van der Waals surface area contributed by atoms with Gasteiger partial charge in [0.1, 0.15) is 0 Å². The number of hydrogen-bond donors (Lipinski definition) is 1. The summed E-state index contributed by atoms with van der Waals surface area (Å²) in [5.74, 6) is -0.170. The Balaban J connectivity index is 3.01. The lowest BCUT2D eigenvalue weighted by molar-refractivity contribution is -0.140. The van der Waals surface area contributed by atoms with Crippen LogP contribution in [-0.4, -0.2) is 26.2 Å². The normalized spacial score (nSPS) is 9.18. The van der Waals surface area contributed by atoms with E-state index >= 15 is 0 Å². The molecule has 0 aliphatic rings. The minimum Gasteiger partial charge on any atom is -0.469 e. The Labute approximate surface area is 67.4 Å². The Kier molecular flexibility index (Phi) is 6.73. The molecule has 0 unspecified atom stereocenters. The van der Waals surface area contributed by atoms with Gasteiger partial charge >= 0.3 is 5.97 Å². The first-order valence-corrected chi connectivity index (χ1v) is 3.69. The fraction of sp³-hybridized carbons (Fsp3) is 0.625. The Morgan fingerprint density at radius 2 is 2.36 bits per heavy atom. The summed E-state index contributed by atoms with van der Waals surface area (Å²) in [6.07, 6.45) is 3.21. The Morgan fingerprint density at radius 1 is 1.64 bits per heavy atom. The zero-order valence-corrected chi connectivity index (χ0v) is 6.93. The number of hydrogen-bond acceptors (Lipinski definition) is 3. The molecule has 0 aliphatic heterocycles. The van der Waals surface area contributed by atoms with Crippen LogP contribution in [-0.2, 0) is 9.53 Å². The minimum atomic E-state index is -0.170. The van der Waals surface area contributed by atoms with Crippen LogP contribution in [0.4, 0.5) is 0 Å². The van der Waals surface area contributed by atoms with E-state index < -0.39 is 0 Å². The van der Waals surface area contributed by atoms with Gasteiger partial charge in [-0.2, -0.15) is 0 Å². The first-order valence-electron chi connectivity index (χ1n) is 3.69. The highest BCUT2D eigenvalue weighted by Gasteiger charge is 1.96. The molecule has 64 valence electrons. The Bertz CT molecular complexity index is 123. The molecule has 0 bridgehead atoms. The number of rotatable bonds is 6. The van der Waals surface area contributed by atoms with Crippen LogP contribution >= 0.6 is 0 Å². The van der Waals surface area contributed by atoms with Crippen LogP contribution in [0.2, 0.25) is 0 Å². The smallest absolute Gasteiger partial charge is 0.306 e. The molecular formula is C8H15NO2. The highest BCUT2D eigenvalue weighted by molar-refractivity contribution is 5.69. The highest BCUT2D eigenvalue weighted by Crippen LogP contribution is 1.81. The third-order valence-electron chi connectivity index (χ3n) is 1.26. The Hall–Kier alpha value is -0.830. The van der Waals surface area contributed by atoms with Crippen molar-refractivity contribution < 1.29 is 9.53 Å². The topological polar surface area (TPSA) is 38.3 Å². The van der Waals surface area contributed by atoms with Gasteiger partial charge in [-0.05, 0) is 13.0 Å². The van der Waals surface area contributed by atoms with Crippen molar-refractivity contribution in [3.63, 3.8) is 0 Å². The van der Waals surface area contributed by atoms with Gasteiger partial charge < -0.3 is 10.1 Å². The van der Waals surface area contributed by atoms with E-state index in [9.17, 15) is 4.79 Å². The summed E-state index contributed by atoms with van der Waals surface area (Å²) in [5.41, 5.74) is 0. The van der Waals surface area contributed by atoms with E-state index in [0.717, 1.165) is 13.0 Å². The molecule has 0 radical (unpaired) electrons. The lowest BCUT2D eigenvalue weighted by Crippen LogP contribution is -2.19. The number of carbonyl (C=O) groups is 1. The number of esters is 1. The van der Waals surface area contributed by atoms with E-state index in [-0.39, 0.29) is 5.97 Å². The molecule has 0 saturated carbocycles. The summed E-state index contributed by atoms with van der Waals surface area (Å²) in [4.78, 5) is 10.6. The van der Waals surface area contributed by atoms with Gasteiger partial charge in [0.15, 0.2) is 0 Å². The van der Waals surface area contributed by atoms with Crippen LogP contribution in [0.25, 0.3) is 0 Å². The minimum absolute atomic E-state index is 0.170. The zero-order valence-electron chi connectivity index (χ0n) is 6.93. The number of ether oxygens (including phenoxy) is 1. The van der Waals surface area contributed by atoms with E-state index in [2.05, 4.69) is 16.6 Å². The van der Waals surface area contributed by atoms with E-state index in [4.69, 9.17) is 0 Å². The quantitative estimate of drug-likeness (QED) is 0.350. The van der Waals surface area contributed by atoms with Crippen molar-refractivity contribution in [2.75, 3.05) is 20.2 Å². The Morgan fingerprint density at radius 3 is 2.91 bits per heavy atom. The van der Waals surface area contributed by atoms with Crippen LogP contribution in [0, 0.1) is 0 Å². The molecule has 1 N–H and O–H groups in total. The molecule has 0 atom stereocenters. The van der Waals surface area contributed by atoms with Gasteiger partial charge in [-0.15, -0.1) is 6.58 Å². The van der Waals surface area contributed by atoms with Crippen molar-refractivity contribution in [3.8, 4) is 0 Å². The van der Waals surface area contributed by atoms with Gasteiger partial charge in [0.25, 0.3) is 0 Å². The van der Waals surface area contributed by atoms with Gasteiger partial charge in [0.05, 0.1) is 13.5 Å². The lowest BCUT2D eigenvalue weighted by atomic mass is 10.4. The monoisotopic (exact) mass is 157 g/mol. The van der Waals surface area contributed by atoms with Crippen LogP contribution in [0.5, 0.6) is 0 Å². The van der Waals surface area contributed by atoms with E-state index in [0.29, 0.717) is 13.0 Å². The molecular weight excluding hydrogens is 142 g/mol. The molecule has 0 rings (SSSR count). The molecule has 0 amide bonds. The van der Waals surface area contributed by atoms with Crippen molar-refractivity contribution in [2.45, 2.75) is 12.8 Å². The standard InChI is InChI=1S/C8H15NO2/c1-3-4-6-9-7-5-8(10)11-2/h3,9H,1,4-7H2,2H3. The second-order valence-electron chi connectivity index (χ2n) is 2.15. The van der Waals surface area contributed by atoms with Crippen LogP contribution in [0.15, 0.2) is 12.7 Å². The summed E-state index contributed by atoms with van der Waals surface area (Å²) in [6, 6.07) is 0. The SMILES string of the molecule is C=CCCNCCC(=O)OC. The molecule has 0 saturated heterocycles. The zero-order chi connectivity index (χ0) is 8.53. The summed E-state index contributed by atoms with van der Waals surface area (Å²) < 4.78 is 4.46. The predicted molar refractivity (Wildman–Crippen MR) is 44.3 cm³/mol. The van der Waals surface area contributed by atoms with Gasteiger partial charge in [0.2, 0.25) is 0 Å². The molecule has 0 aromatic rings. The molecule has 3 heteroatoms. The van der Waals surface area contributed by atoms with Gasteiger partial charge in [-0.1, -0.05) is 6.08 Å². The van der Waals surface area contributed by atoms with E-state index in [1.165, 1.54) is 7.11 Å². The van der Waals surface area contributed by atoms with Crippen LogP contribution in [0.1, 0.15) is 12.8 Å². The summed E-state index contributed by atoms with van der Waals surface area (Å²) >= 11 is 0. The lowest BCUT2D eigenvalue weighted by Gasteiger charge is -2.00. The number of methoxy groups -OCH3 is 1. The predicted octanol–water partition coefficient (Wildman–Crippen LogP) is 0.715. The van der Waals surface area contributed by atoms with Crippen molar-refractivity contribution in [3.05, 3.63) is 12.7 Å². The molecule has 0 aliphatic carbocycles. The van der Waals surface area contributed by atoms with E-state index in [1.54, 1.807) is 0 Å². The van der Waals surface area contributed by atoms with Crippen molar-refractivity contribution in [1.29, 1.82) is 0 Å². The van der Waals surface area contributed by atoms with Gasteiger partial charge in [-0.25, -0.2) is 0 Å². The maximum absolute atomic E-state index is 10.6. The summed E-state index contributed by atoms with van der Waals surface area (Å²) in [6.45, 7) is 5.13. The fourth-order valence-electron chi connectivity index (χ4n) is 0.622. The number of nitrogens with one attached hydrogen (secondary N) is 1. The van der Waals surface area contributed by atoms with Crippen molar-refractivity contribution >= 4 is 5.97 Å². The first-order chi connectivity index (χ1) is 5.31. The molecule has 0 fully saturated rings. The number of carbonyl (C=O) groups excluding carboxylic acids is 1. The average Bonchev–Trinajstić information content (AvgIpc) is 2.04. The molecule has 0 aromatic carbocycles. The molecule has 11 heavy (non-hydrogen) atoms. The maximum atomic E-state index is 10.6. The van der Waals surface area contributed by atoms with E-state index in [1.807, 2.05) is 6.08 Å². The van der Waals surface area contributed by atoms with Crippen LogP contribution < -0.4 is 5.32 Å². The van der Waals surface area contributed by atoms with Crippen molar-refractivity contribution in [2.24, 2.45) is 0 Å². The second-order valence-corrected chi connectivity index (χ2v) is 2.15. The second kappa shape index (κ2) is 7.28. The first kappa shape index (κ1) is 10.2. The summed E-state index contributed by atoms with van der Waals surface area (Å²) in [7, 11) is 1.39. The third kappa shape index (κ3) is 7.06. The molecule has 0 aromatic heterocycles. The van der Waals surface area contributed by atoms with Crippen LogP contribution in [0.3, 0.4) is 0 Å². The van der Waals surface area contributed by atoms with Crippen molar-refractivity contribution in [1.82, 2.24) is 5.32 Å². The molecule has 3 nitrogen and oxygen atoms in total. The largest absolute Gasteiger partial charge is 0.469 e. The fourth-order valence-corrected chi connectivity index (χ4v) is 0.622. The maximum Gasteiger partial charge on any atom is 0.306 e. The highest BCUT2D eigenvalue weighted by atomic mass is 16.5. The summed E-state index contributed by atoms with van der Waals surface area (Å²) in [5, 5.41) is 3.08. The third-order valence-corrected chi connectivity index (χ3v) is 1.26. The molecule has 0 spiro atoms. The molecule has 0 heterocycles. The van der Waals surface area contributed by atoms with Gasteiger partial charge in [0, 0.05) is 6.54 Å².